The van der Waals surface area contributed by atoms with Gasteiger partial charge in [0.2, 0.25) is 5.91 Å². The molecule has 0 bridgehead atoms. The van der Waals surface area contributed by atoms with Crippen molar-refractivity contribution in [1.82, 2.24) is 4.90 Å². The predicted molar refractivity (Wildman–Crippen MR) is 89.5 cm³/mol. The first-order chi connectivity index (χ1) is 10.5. The van der Waals surface area contributed by atoms with Crippen LogP contribution in [0.1, 0.15) is 26.2 Å². The summed E-state index contributed by atoms with van der Waals surface area (Å²) < 4.78 is 5.56. The Kier molecular flexibility index (Phi) is 6.36. The van der Waals surface area contributed by atoms with Crippen LogP contribution < -0.4 is 10.5 Å². The lowest BCUT2D eigenvalue weighted by atomic mass is 9.92. The average molecular weight is 345 g/mol. The summed E-state index contributed by atoms with van der Waals surface area (Å²) in [6.07, 6.45) is 2.43. The Labute approximate surface area is 141 Å². The van der Waals surface area contributed by atoms with Gasteiger partial charge in [0, 0.05) is 19.1 Å². The molecule has 6 heteroatoms. The Morgan fingerprint density at radius 1 is 1.50 bits per heavy atom. The van der Waals surface area contributed by atoms with E-state index in [1.807, 2.05) is 11.8 Å². The first-order valence-electron chi connectivity index (χ1n) is 7.59. The number of carbonyl (C=O) groups is 1. The van der Waals surface area contributed by atoms with Crippen LogP contribution in [0.15, 0.2) is 18.2 Å². The summed E-state index contributed by atoms with van der Waals surface area (Å²) in [4.78, 5) is 14.1. The Morgan fingerprint density at radius 3 is 3.00 bits per heavy atom. The molecular formula is C16H22Cl2N2O2. The third kappa shape index (κ3) is 4.51. The lowest BCUT2D eigenvalue weighted by Crippen LogP contribution is -2.45. The van der Waals surface area contributed by atoms with Crippen molar-refractivity contribution in [2.24, 2.45) is 11.7 Å². The molecule has 0 spiro atoms. The zero-order chi connectivity index (χ0) is 16.1. The number of ether oxygens (including phenoxy) is 1. The largest absolute Gasteiger partial charge is 0.491 e. The highest BCUT2D eigenvalue weighted by molar-refractivity contribution is 6.42. The van der Waals surface area contributed by atoms with E-state index < -0.39 is 0 Å². The van der Waals surface area contributed by atoms with Crippen molar-refractivity contribution in [2.75, 3.05) is 19.7 Å². The van der Waals surface area contributed by atoms with Gasteiger partial charge in [0.1, 0.15) is 10.8 Å². The van der Waals surface area contributed by atoms with E-state index in [2.05, 4.69) is 0 Å². The van der Waals surface area contributed by atoms with Gasteiger partial charge < -0.3 is 15.4 Å². The van der Waals surface area contributed by atoms with Gasteiger partial charge in [-0.3, -0.25) is 4.79 Å². The molecule has 1 aromatic carbocycles. The Morgan fingerprint density at radius 2 is 2.27 bits per heavy atom. The van der Waals surface area contributed by atoms with E-state index in [-0.39, 0.29) is 18.6 Å². The van der Waals surface area contributed by atoms with Crippen LogP contribution >= 0.6 is 23.2 Å². The van der Waals surface area contributed by atoms with Crippen molar-refractivity contribution in [3.05, 3.63) is 28.2 Å². The summed E-state index contributed by atoms with van der Waals surface area (Å²) in [6.45, 7) is 3.84. The van der Waals surface area contributed by atoms with Crippen LogP contribution in [0, 0.1) is 5.92 Å². The van der Waals surface area contributed by atoms with Crippen molar-refractivity contribution in [3.63, 3.8) is 0 Å². The zero-order valence-electron chi connectivity index (χ0n) is 12.7. The maximum absolute atomic E-state index is 12.3. The second-order valence-corrected chi connectivity index (χ2v) is 6.54. The number of benzene rings is 1. The molecule has 22 heavy (non-hydrogen) atoms. The van der Waals surface area contributed by atoms with Gasteiger partial charge >= 0.3 is 0 Å². The lowest BCUT2D eigenvalue weighted by molar-refractivity contribution is -0.133. The number of halogens is 2. The van der Waals surface area contributed by atoms with E-state index in [0.29, 0.717) is 28.1 Å². The minimum absolute atomic E-state index is 0.100. The van der Waals surface area contributed by atoms with Crippen LogP contribution in [0.25, 0.3) is 0 Å². The van der Waals surface area contributed by atoms with Gasteiger partial charge in [0.25, 0.3) is 0 Å². The minimum Gasteiger partial charge on any atom is -0.491 e. The molecule has 1 amide bonds. The van der Waals surface area contributed by atoms with Gasteiger partial charge in [-0.15, -0.1) is 0 Å². The van der Waals surface area contributed by atoms with Crippen LogP contribution in [0.4, 0.5) is 0 Å². The molecule has 1 aliphatic rings. The third-order valence-corrected chi connectivity index (χ3v) is 4.85. The number of piperidine rings is 1. The molecule has 1 saturated heterocycles. The molecule has 2 atom stereocenters. The molecule has 122 valence electrons. The Hall–Kier alpha value is -0.970. The van der Waals surface area contributed by atoms with Gasteiger partial charge in [-0.05, 0) is 37.8 Å². The lowest BCUT2D eigenvalue weighted by Gasteiger charge is -2.34. The number of amides is 1. The first-order valence-corrected chi connectivity index (χ1v) is 8.34. The van der Waals surface area contributed by atoms with E-state index in [1.54, 1.807) is 18.2 Å². The van der Waals surface area contributed by atoms with Crippen molar-refractivity contribution < 1.29 is 9.53 Å². The van der Waals surface area contributed by atoms with Gasteiger partial charge in [0.15, 0.2) is 0 Å². The summed E-state index contributed by atoms with van der Waals surface area (Å²) >= 11 is 12.0. The first kappa shape index (κ1) is 17.4. The van der Waals surface area contributed by atoms with Gasteiger partial charge in [-0.25, -0.2) is 0 Å². The molecule has 4 nitrogen and oxygen atoms in total. The van der Waals surface area contributed by atoms with Crippen molar-refractivity contribution in [3.8, 4) is 5.75 Å². The number of rotatable bonds is 5. The predicted octanol–water partition coefficient (Wildman–Crippen LogP) is 3.35. The molecule has 0 saturated carbocycles. The molecule has 0 aliphatic carbocycles. The average Bonchev–Trinajstić information content (AvgIpc) is 2.51. The molecule has 2 N–H and O–H groups in total. The van der Waals surface area contributed by atoms with Crippen molar-refractivity contribution >= 4 is 29.1 Å². The standard InChI is InChI=1S/C16H22Cl2N2O2/c1-11(19)12-4-3-8-20(10-12)15(21)7-9-22-14-6-2-5-13(17)16(14)18/h2,5-6,11-12H,3-4,7-10,19H2,1H3/t11-,12+/m1/s1. The number of likely N-dealkylation sites (tertiary alicyclic amines) is 1. The summed E-state index contributed by atoms with van der Waals surface area (Å²) in [7, 11) is 0. The molecular weight excluding hydrogens is 323 g/mol. The van der Waals surface area contributed by atoms with Gasteiger partial charge in [-0.2, -0.15) is 0 Å². The maximum atomic E-state index is 12.3. The smallest absolute Gasteiger partial charge is 0.226 e. The van der Waals surface area contributed by atoms with Crippen LogP contribution in [0.5, 0.6) is 5.75 Å². The van der Waals surface area contributed by atoms with Gasteiger partial charge in [0.05, 0.1) is 18.1 Å². The van der Waals surface area contributed by atoms with E-state index in [4.69, 9.17) is 33.7 Å². The zero-order valence-corrected chi connectivity index (χ0v) is 14.2. The molecule has 0 aromatic heterocycles. The van der Waals surface area contributed by atoms with Crippen molar-refractivity contribution in [1.29, 1.82) is 0 Å². The Balaban J connectivity index is 1.81. The number of nitrogens with two attached hydrogens (primary N) is 1. The summed E-state index contributed by atoms with van der Waals surface area (Å²) in [5.41, 5.74) is 5.95. The van der Waals surface area contributed by atoms with Crippen LogP contribution in [0.2, 0.25) is 10.0 Å². The monoisotopic (exact) mass is 344 g/mol. The normalized spacial score (nSPS) is 19.8. The third-order valence-electron chi connectivity index (χ3n) is 4.04. The van der Waals surface area contributed by atoms with Crippen LogP contribution in [-0.4, -0.2) is 36.5 Å². The second-order valence-electron chi connectivity index (χ2n) is 5.75. The maximum Gasteiger partial charge on any atom is 0.226 e. The molecule has 0 radical (unpaired) electrons. The van der Waals surface area contributed by atoms with E-state index in [0.717, 1.165) is 25.9 Å². The second kappa shape index (κ2) is 8.04. The highest BCUT2D eigenvalue weighted by atomic mass is 35.5. The molecule has 2 rings (SSSR count). The van der Waals surface area contributed by atoms with E-state index >= 15 is 0 Å². The number of carbonyl (C=O) groups excluding carboxylic acids is 1. The van der Waals surface area contributed by atoms with Crippen LogP contribution in [-0.2, 0) is 4.79 Å². The molecule has 1 aromatic rings. The molecule has 0 unspecified atom stereocenters. The topological polar surface area (TPSA) is 55.6 Å². The highest BCUT2D eigenvalue weighted by Crippen LogP contribution is 2.31. The van der Waals surface area contributed by atoms with Crippen molar-refractivity contribution in [2.45, 2.75) is 32.2 Å². The van der Waals surface area contributed by atoms with Gasteiger partial charge in [-0.1, -0.05) is 29.3 Å². The quantitative estimate of drug-likeness (QED) is 0.890. The number of hydrogen-bond acceptors (Lipinski definition) is 3. The van der Waals surface area contributed by atoms with Crippen LogP contribution in [0.3, 0.4) is 0 Å². The fourth-order valence-electron chi connectivity index (χ4n) is 2.67. The SMILES string of the molecule is C[C@@H](N)[C@H]1CCCN(C(=O)CCOc2cccc(Cl)c2Cl)C1. The Bertz CT molecular complexity index is 523. The van der Waals surface area contributed by atoms with E-state index in [1.165, 1.54) is 0 Å². The number of hydrogen-bond donors (Lipinski definition) is 1. The minimum atomic E-state index is 0.100. The number of nitrogens with zero attached hydrogens (tertiary/aromatic N) is 1. The fraction of sp³-hybridized carbons (Fsp3) is 0.562. The highest BCUT2D eigenvalue weighted by Gasteiger charge is 2.25. The summed E-state index contributed by atoms with van der Waals surface area (Å²) in [6, 6.07) is 5.33. The fourth-order valence-corrected chi connectivity index (χ4v) is 3.01. The molecule has 1 fully saturated rings. The summed E-state index contributed by atoms with van der Waals surface area (Å²) in [5.74, 6) is 0.999. The van der Waals surface area contributed by atoms with E-state index in [9.17, 15) is 4.79 Å². The summed E-state index contributed by atoms with van der Waals surface area (Å²) in [5, 5.41) is 0.827. The molecule has 1 heterocycles. The molecule has 1 aliphatic heterocycles.